The van der Waals surface area contributed by atoms with Crippen LogP contribution in [0.1, 0.15) is 57.8 Å². The van der Waals surface area contributed by atoms with Gasteiger partial charge in [0.05, 0.1) is 12.3 Å². The largest absolute Gasteiger partial charge is 0.468 e. The molecule has 0 aliphatic heterocycles. The average Bonchev–Trinajstić information content (AvgIpc) is 2.84. The highest BCUT2D eigenvalue weighted by atomic mass is 16.3. The van der Waals surface area contributed by atoms with Crippen LogP contribution in [0, 0.1) is 5.41 Å². The van der Waals surface area contributed by atoms with E-state index in [0.29, 0.717) is 11.5 Å². The maximum atomic E-state index is 5.47. The Hall–Kier alpha value is -0.760. The Bertz CT molecular complexity index is 301. The molecule has 16 heavy (non-hydrogen) atoms. The molecule has 2 nitrogen and oxygen atoms in total. The van der Waals surface area contributed by atoms with Crippen molar-refractivity contribution >= 4 is 0 Å². The van der Waals surface area contributed by atoms with Crippen LogP contribution in [0.2, 0.25) is 0 Å². The molecule has 1 aliphatic rings. The van der Waals surface area contributed by atoms with Crippen LogP contribution in [-0.4, -0.2) is 6.54 Å². The average molecular weight is 221 g/mol. The van der Waals surface area contributed by atoms with Crippen molar-refractivity contribution in [3.8, 4) is 0 Å². The van der Waals surface area contributed by atoms with Gasteiger partial charge in [-0.3, -0.25) is 0 Å². The summed E-state index contributed by atoms with van der Waals surface area (Å²) < 4.78 is 5.47. The minimum absolute atomic E-state index is 0.393. The van der Waals surface area contributed by atoms with Gasteiger partial charge >= 0.3 is 0 Å². The molecule has 1 aromatic rings. The molecule has 2 rings (SSSR count). The van der Waals surface area contributed by atoms with Crippen LogP contribution in [0.15, 0.2) is 22.8 Å². The summed E-state index contributed by atoms with van der Waals surface area (Å²) in [5, 5.41) is 3.67. The van der Waals surface area contributed by atoms with Crippen molar-refractivity contribution in [1.82, 2.24) is 5.32 Å². The van der Waals surface area contributed by atoms with E-state index in [9.17, 15) is 0 Å². The molecule has 90 valence electrons. The first-order chi connectivity index (χ1) is 7.79. The van der Waals surface area contributed by atoms with E-state index in [1.54, 1.807) is 6.26 Å². The Kier molecular flexibility index (Phi) is 3.70. The number of nitrogens with one attached hydrogen (secondary N) is 1. The molecule has 0 amide bonds. The highest BCUT2D eigenvalue weighted by Gasteiger charge is 2.41. The number of hydrogen-bond donors (Lipinski definition) is 1. The molecular weight excluding hydrogens is 198 g/mol. The smallest absolute Gasteiger partial charge is 0.120 e. The summed E-state index contributed by atoms with van der Waals surface area (Å²) in [4.78, 5) is 0. The van der Waals surface area contributed by atoms with Crippen LogP contribution < -0.4 is 5.32 Å². The molecule has 0 bridgehead atoms. The quantitative estimate of drug-likeness (QED) is 0.755. The second-order valence-electron chi connectivity index (χ2n) is 5.11. The second kappa shape index (κ2) is 5.05. The Morgan fingerprint density at radius 3 is 2.75 bits per heavy atom. The fraction of sp³-hybridized carbons (Fsp3) is 0.714. The van der Waals surface area contributed by atoms with E-state index in [-0.39, 0.29) is 0 Å². The molecule has 0 saturated heterocycles. The first-order valence-electron chi connectivity index (χ1n) is 6.56. The molecule has 1 heterocycles. The lowest BCUT2D eigenvalue weighted by Gasteiger charge is -2.20. The van der Waals surface area contributed by atoms with Gasteiger partial charge in [0.25, 0.3) is 0 Å². The van der Waals surface area contributed by atoms with E-state index in [4.69, 9.17) is 4.42 Å². The van der Waals surface area contributed by atoms with Gasteiger partial charge in [-0.2, -0.15) is 0 Å². The molecule has 1 aromatic heterocycles. The number of furan rings is 1. The van der Waals surface area contributed by atoms with E-state index in [1.807, 2.05) is 6.07 Å². The van der Waals surface area contributed by atoms with Gasteiger partial charge in [0.15, 0.2) is 0 Å². The topological polar surface area (TPSA) is 25.2 Å². The van der Waals surface area contributed by atoms with Crippen LogP contribution >= 0.6 is 0 Å². The lowest BCUT2D eigenvalue weighted by molar-refractivity contribution is 0.349. The lowest BCUT2D eigenvalue weighted by Crippen LogP contribution is -2.27. The number of hydrogen-bond acceptors (Lipinski definition) is 2. The van der Waals surface area contributed by atoms with Gasteiger partial charge in [-0.25, -0.2) is 0 Å². The summed E-state index contributed by atoms with van der Waals surface area (Å²) in [5.74, 6) is 1.08. The van der Waals surface area contributed by atoms with Gasteiger partial charge in [-0.1, -0.05) is 20.3 Å². The SMILES string of the molecule is CCCC1(CNC(CC)c2ccco2)CC1. The Balaban J connectivity index is 1.84. The zero-order chi connectivity index (χ0) is 11.4. The normalized spacial score (nSPS) is 19.6. The first-order valence-corrected chi connectivity index (χ1v) is 6.56. The van der Waals surface area contributed by atoms with Gasteiger partial charge in [0.2, 0.25) is 0 Å². The third-order valence-electron chi connectivity index (χ3n) is 3.76. The van der Waals surface area contributed by atoms with Gasteiger partial charge in [-0.15, -0.1) is 0 Å². The summed E-state index contributed by atoms with van der Waals surface area (Å²) in [7, 11) is 0. The van der Waals surface area contributed by atoms with Gasteiger partial charge in [0.1, 0.15) is 5.76 Å². The summed E-state index contributed by atoms with van der Waals surface area (Å²) >= 11 is 0. The minimum Gasteiger partial charge on any atom is -0.468 e. The molecule has 2 heteroatoms. The van der Waals surface area contributed by atoms with E-state index >= 15 is 0 Å². The Morgan fingerprint density at radius 1 is 1.44 bits per heavy atom. The van der Waals surface area contributed by atoms with E-state index < -0.39 is 0 Å². The summed E-state index contributed by atoms with van der Waals surface area (Å²) in [5.41, 5.74) is 0.620. The third kappa shape index (κ3) is 2.67. The fourth-order valence-electron chi connectivity index (χ4n) is 2.50. The Morgan fingerprint density at radius 2 is 2.25 bits per heavy atom. The van der Waals surface area contributed by atoms with Crippen molar-refractivity contribution in [3.63, 3.8) is 0 Å². The van der Waals surface area contributed by atoms with Crippen molar-refractivity contribution in [2.75, 3.05) is 6.54 Å². The van der Waals surface area contributed by atoms with E-state index in [2.05, 4.69) is 25.2 Å². The van der Waals surface area contributed by atoms with Crippen LogP contribution in [0.5, 0.6) is 0 Å². The highest BCUT2D eigenvalue weighted by molar-refractivity contribution is 5.05. The molecule has 0 aromatic carbocycles. The van der Waals surface area contributed by atoms with Gasteiger partial charge < -0.3 is 9.73 Å². The Labute approximate surface area is 98.4 Å². The van der Waals surface area contributed by atoms with E-state index in [0.717, 1.165) is 18.7 Å². The first kappa shape index (κ1) is 11.7. The van der Waals surface area contributed by atoms with Crippen molar-refractivity contribution < 1.29 is 4.42 Å². The monoisotopic (exact) mass is 221 g/mol. The van der Waals surface area contributed by atoms with Crippen LogP contribution in [0.25, 0.3) is 0 Å². The third-order valence-corrected chi connectivity index (χ3v) is 3.76. The zero-order valence-corrected chi connectivity index (χ0v) is 10.5. The molecular formula is C14H23NO. The van der Waals surface area contributed by atoms with Crippen molar-refractivity contribution in [1.29, 1.82) is 0 Å². The van der Waals surface area contributed by atoms with E-state index in [1.165, 1.54) is 25.7 Å². The lowest BCUT2D eigenvalue weighted by atomic mass is 10.00. The second-order valence-corrected chi connectivity index (χ2v) is 5.11. The van der Waals surface area contributed by atoms with Crippen molar-refractivity contribution in [3.05, 3.63) is 24.2 Å². The van der Waals surface area contributed by atoms with Gasteiger partial charge in [-0.05, 0) is 43.2 Å². The van der Waals surface area contributed by atoms with Crippen LogP contribution in [0.4, 0.5) is 0 Å². The molecule has 1 saturated carbocycles. The molecule has 1 aliphatic carbocycles. The maximum Gasteiger partial charge on any atom is 0.120 e. The number of rotatable bonds is 7. The molecule has 0 radical (unpaired) electrons. The van der Waals surface area contributed by atoms with Crippen molar-refractivity contribution in [2.45, 2.75) is 52.0 Å². The molecule has 1 atom stereocenters. The molecule has 1 N–H and O–H groups in total. The molecule has 0 spiro atoms. The summed E-state index contributed by atoms with van der Waals surface area (Å²) in [6.07, 6.45) is 8.34. The minimum atomic E-state index is 0.393. The van der Waals surface area contributed by atoms with Crippen molar-refractivity contribution in [2.24, 2.45) is 5.41 Å². The highest BCUT2D eigenvalue weighted by Crippen LogP contribution is 2.49. The summed E-state index contributed by atoms with van der Waals surface area (Å²) in [6.45, 7) is 5.64. The molecule has 1 fully saturated rings. The fourth-order valence-corrected chi connectivity index (χ4v) is 2.50. The maximum absolute atomic E-state index is 5.47. The molecule has 1 unspecified atom stereocenters. The summed E-state index contributed by atoms with van der Waals surface area (Å²) in [6, 6.07) is 4.43. The van der Waals surface area contributed by atoms with Gasteiger partial charge in [0, 0.05) is 6.54 Å². The van der Waals surface area contributed by atoms with Crippen LogP contribution in [-0.2, 0) is 0 Å². The zero-order valence-electron chi connectivity index (χ0n) is 10.5. The predicted molar refractivity (Wildman–Crippen MR) is 66.3 cm³/mol. The van der Waals surface area contributed by atoms with Crippen LogP contribution in [0.3, 0.4) is 0 Å². The predicted octanol–water partition coefficient (Wildman–Crippen LogP) is 3.90. The standard InChI is InChI=1S/C14H23NO/c1-3-7-14(8-9-14)11-15-12(4-2)13-6-5-10-16-13/h5-6,10,12,15H,3-4,7-9,11H2,1-2H3.